The van der Waals surface area contributed by atoms with E-state index in [1.165, 1.54) is 3.07 Å². The van der Waals surface area contributed by atoms with Gasteiger partial charge in [0.25, 0.3) is 0 Å². The topological polar surface area (TPSA) is 67.6 Å². The van der Waals surface area contributed by atoms with E-state index >= 15 is 0 Å². The van der Waals surface area contributed by atoms with Crippen LogP contribution in [0.15, 0.2) is 100 Å². The van der Waals surface area contributed by atoms with Crippen molar-refractivity contribution in [2.75, 3.05) is 12.5 Å². The molecule has 1 N–H and O–H groups in total. The van der Waals surface area contributed by atoms with E-state index in [0.29, 0.717) is 0 Å². The Bertz CT molecular complexity index is 885. The molecule has 3 rings (SSSR count). The molecule has 6 nitrogen and oxygen atoms in total. The zero-order valence-corrected chi connectivity index (χ0v) is 20.4. The maximum atomic E-state index is 5.95. The summed E-state index contributed by atoms with van der Waals surface area (Å²) >= 11 is -1.89. The molecule has 3 aromatic carbocycles. The van der Waals surface area contributed by atoms with E-state index in [0.717, 1.165) is 17.1 Å². The van der Waals surface area contributed by atoms with Crippen LogP contribution in [-0.2, 0) is 27.7 Å². The number of benzene rings is 3. The Balaban J connectivity index is 1.70. The second-order valence-electron chi connectivity index (χ2n) is 5.54. The van der Waals surface area contributed by atoms with E-state index in [9.17, 15) is 0 Å². The normalized spacial score (nSPS) is 11.1. The van der Waals surface area contributed by atoms with Gasteiger partial charge in [-0.1, -0.05) is 0 Å². The Morgan fingerprint density at radius 3 is 2.19 bits per heavy atom. The predicted octanol–water partition coefficient (Wildman–Crippen LogP) is 4.50. The number of methoxy groups -OCH3 is 1. The number of ether oxygens (including phenoxy) is 1. The summed E-state index contributed by atoms with van der Waals surface area (Å²) in [6, 6.07) is 27.3. The predicted molar refractivity (Wildman–Crippen MR) is 102 cm³/mol. The molecule has 0 aliphatic rings. The van der Waals surface area contributed by atoms with Crippen molar-refractivity contribution in [1.82, 2.24) is 0 Å². The van der Waals surface area contributed by atoms with Crippen LogP contribution >= 0.6 is 0 Å². The molecule has 0 unspecified atom stereocenters. The van der Waals surface area contributed by atoms with Gasteiger partial charge < -0.3 is 0 Å². The Morgan fingerprint density at radius 1 is 0.852 bits per heavy atom. The molecule has 0 atom stereocenters. The molecule has 3 aromatic rings. The van der Waals surface area contributed by atoms with Crippen molar-refractivity contribution in [3.8, 4) is 5.75 Å². The van der Waals surface area contributed by atoms with Crippen LogP contribution in [0.2, 0.25) is 0 Å². The molecule has 0 spiro atoms. The standard InChI is InChI=1S/C13H12N4O.C7H7O.Hg/c18-13(16-14-11-7-3-1-4-8-11)17-15-12-9-5-2-6-10-12;1-8-7-5-3-2-4-6-7;/h1-10,14H,(H,16,18);3-6H,1H3;/q;;+1/p-1. The van der Waals surface area contributed by atoms with Gasteiger partial charge in [0, 0.05) is 0 Å². The summed E-state index contributed by atoms with van der Waals surface area (Å²) in [4.78, 5) is 0. The first kappa shape index (κ1) is 19.0. The van der Waals surface area contributed by atoms with Gasteiger partial charge >= 0.3 is 171 Å². The molecule has 27 heavy (non-hydrogen) atoms. The van der Waals surface area contributed by atoms with Gasteiger partial charge in [0.1, 0.15) is 0 Å². The van der Waals surface area contributed by atoms with Crippen LogP contribution in [-0.4, -0.2) is 13.1 Å². The summed E-state index contributed by atoms with van der Waals surface area (Å²) in [5, 5.41) is 12.7. The molecular weight excluding hydrogens is 529 g/mol. The Kier molecular flexibility index (Phi) is 7.35. The van der Waals surface area contributed by atoms with Gasteiger partial charge in [0.15, 0.2) is 0 Å². The molecule has 0 saturated carbocycles. The van der Waals surface area contributed by atoms with Crippen LogP contribution in [0.3, 0.4) is 0 Å². The SMILES string of the molecule is COc1cc[c]([Hg][O]/C(N=Nc2ccccc2)=N\Nc2ccccc2)cc1. The fourth-order valence-electron chi connectivity index (χ4n) is 2.17. The third kappa shape index (κ3) is 6.49. The molecule has 0 bridgehead atoms. The van der Waals surface area contributed by atoms with Crippen molar-refractivity contribution < 1.29 is 32.4 Å². The minimum atomic E-state index is -1.89. The van der Waals surface area contributed by atoms with Crippen molar-refractivity contribution in [3.63, 3.8) is 0 Å². The number of para-hydroxylation sites is 1. The average molecular weight is 547 g/mol. The first-order chi connectivity index (χ1) is 13.3. The van der Waals surface area contributed by atoms with Crippen molar-refractivity contribution in [1.29, 1.82) is 0 Å². The van der Waals surface area contributed by atoms with Crippen LogP contribution < -0.4 is 13.2 Å². The molecule has 0 heterocycles. The van der Waals surface area contributed by atoms with E-state index < -0.39 is 25.0 Å². The van der Waals surface area contributed by atoms with E-state index in [1.807, 2.05) is 84.9 Å². The van der Waals surface area contributed by atoms with E-state index in [1.54, 1.807) is 7.11 Å². The zero-order chi connectivity index (χ0) is 18.7. The van der Waals surface area contributed by atoms with Gasteiger partial charge in [-0.05, 0) is 0 Å². The number of azo groups is 1. The molecule has 0 aromatic heterocycles. The van der Waals surface area contributed by atoms with Gasteiger partial charge in [-0.3, -0.25) is 0 Å². The molecular formula is C20H18HgN4O2. The fourth-order valence-corrected chi connectivity index (χ4v) is 5.46. The molecule has 0 saturated heterocycles. The van der Waals surface area contributed by atoms with Crippen LogP contribution in [0.25, 0.3) is 0 Å². The third-order valence-corrected chi connectivity index (χ3v) is 8.28. The molecule has 7 heteroatoms. The van der Waals surface area contributed by atoms with E-state index in [2.05, 4.69) is 20.8 Å². The summed E-state index contributed by atoms with van der Waals surface area (Å²) in [6.07, 6.45) is 0. The Hall–Kier alpha value is -2.73. The minimum absolute atomic E-state index is 0.236. The fraction of sp³-hybridized carbons (Fsp3) is 0.0500. The molecule has 0 fully saturated rings. The van der Waals surface area contributed by atoms with E-state index in [4.69, 9.17) is 7.38 Å². The number of nitrogens with one attached hydrogen (secondary N) is 1. The second kappa shape index (κ2) is 10.4. The van der Waals surface area contributed by atoms with Gasteiger partial charge in [-0.2, -0.15) is 0 Å². The average Bonchev–Trinajstić information content (AvgIpc) is 2.75. The van der Waals surface area contributed by atoms with Crippen LogP contribution in [0.5, 0.6) is 5.75 Å². The summed E-state index contributed by atoms with van der Waals surface area (Å²) in [5.41, 5.74) is 4.56. The monoisotopic (exact) mass is 548 g/mol. The number of hydrogen-bond donors (Lipinski definition) is 1. The molecule has 0 aliphatic heterocycles. The molecule has 0 radical (unpaired) electrons. The van der Waals surface area contributed by atoms with Crippen LogP contribution in [0, 0.1) is 0 Å². The quantitative estimate of drug-likeness (QED) is 0.163. The van der Waals surface area contributed by atoms with Crippen LogP contribution in [0.1, 0.15) is 0 Å². The molecule has 132 valence electrons. The van der Waals surface area contributed by atoms with Crippen molar-refractivity contribution >= 4 is 20.5 Å². The van der Waals surface area contributed by atoms with Gasteiger partial charge in [-0.25, -0.2) is 0 Å². The third-order valence-electron chi connectivity index (χ3n) is 3.59. The Morgan fingerprint density at radius 2 is 1.52 bits per heavy atom. The summed E-state index contributed by atoms with van der Waals surface area (Å²) < 4.78 is 12.3. The van der Waals surface area contributed by atoms with Gasteiger partial charge in [0.05, 0.1) is 0 Å². The number of amidine groups is 1. The zero-order valence-electron chi connectivity index (χ0n) is 14.9. The van der Waals surface area contributed by atoms with Crippen molar-refractivity contribution in [2.45, 2.75) is 0 Å². The summed E-state index contributed by atoms with van der Waals surface area (Å²) in [7, 11) is 1.65. The van der Waals surface area contributed by atoms with E-state index in [-0.39, 0.29) is 6.02 Å². The number of rotatable bonds is 6. The summed E-state index contributed by atoms with van der Waals surface area (Å²) in [5.74, 6) is 0.829. The Labute approximate surface area is 171 Å². The van der Waals surface area contributed by atoms with Gasteiger partial charge in [-0.15, -0.1) is 0 Å². The van der Waals surface area contributed by atoms with Crippen molar-refractivity contribution in [3.05, 3.63) is 84.9 Å². The maximum absolute atomic E-state index is 5.95. The van der Waals surface area contributed by atoms with Crippen LogP contribution in [0.4, 0.5) is 11.4 Å². The molecule has 0 amide bonds. The number of nitrogens with zero attached hydrogens (tertiary/aromatic N) is 3. The number of anilines is 1. The number of hydrazone groups is 1. The molecule has 0 aliphatic carbocycles. The first-order valence-corrected chi connectivity index (χ1v) is 13.4. The van der Waals surface area contributed by atoms with Gasteiger partial charge in [0.2, 0.25) is 0 Å². The summed E-state index contributed by atoms with van der Waals surface area (Å²) in [6.45, 7) is 0. The first-order valence-electron chi connectivity index (χ1n) is 8.45. The number of hydrogen-bond acceptors (Lipinski definition) is 5. The second-order valence-corrected chi connectivity index (χ2v) is 11.0. The van der Waals surface area contributed by atoms with Crippen molar-refractivity contribution in [2.24, 2.45) is 15.3 Å².